The zero-order valence-electron chi connectivity index (χ0n) is 24.0. The van der Waals surface area contributed by atoms with Crippen molar-refractivity contribution in [2.45, 2.75) is 99.7 Å². The Balaban J connectivity index is 1.52. The number of anilines is 1. The fraction of sp³-hybridized carbons (Fsp3) is 0.679. The van der Waals surface area contributed by atoms with E-state index in [1.807, 2.05) is 0 Å². The van der Waals surface area contributed by atoms with Crippen LogP contribution in [0, 0.1) is 17.2 Å². The number of ether oxygens (including phenoxy) is 2. The number of nitrogens with one attached hydrogen (secondary N) is 3. The second-order valence-electron chi connectivity index (χ2n) is 12.6. The number of hydrogen-bond acceptors (Lipinski definition) is 10. The molecule has 0 aromatic heterocycles. The molecule has 3 heterocycles. The van der Waals surface area contributed by atoms with Gasteiger partial charge in [-0.15, -0.1) is 0 Å². The normalized spacial score (nSPS) is 27.8. The molecule has 4 atom stereocenters. The molecule has 0 radical (unpaired) electrons. The van der Waals surface area contributed by atoms with Crippen molar-refractivity contribution >= 4 is 27.4 Å². The predicted octanol–water partition coefficient (Wildman–Crippen LogP) is 2.50. The Hall–Kier alpha value is -2.72. The van der Waals surface area contributed by atoms with E-state index in [-0.39, 0.29) is 29.7 Å². The van der Waals surface area contributed by atoms with Gasteiger partial charge in [-0.3, -0.25) is 9.59 Å². The minimum atomic E-state index is -3.86. The standard InChI is InChI=1S/C28H41N5O6S/c1-26(2,3)39-22(34)17-27(4,5)40(36,37)20-9-7-19(8-10-20)31-24-23-21(11-15-30-25(23)35)33(32-24)28(13-14-29)12-6-16-38-18-28/h7-10,21,23-24,31-32H,6,11-13,15-18H2,1-5H3,(H,30,35)/t21?,23?,24?,28-/m0/s1. The number of hydrazine groups is 1. The van der Waals surface area contributed by atoms with Gasteiger partial charge in [0.15, 0.2) is 9.84 Å². The van der Waals surface area contributed by atoms with E-state index in [9.17, 15) is 23.3 Å². The maximum atomic E-state index is 13.4. The lowest BCUT2D eigenvalue weighted by Crippen LogP contribution is -2.61. The topological polar surface area (TPSA) is 150 Å². The molecule has 3 N–H and O–H groups in total. The van der Waals surface area contributed by atoms with Crippen molar-refractivity contribution in [2.24, 2.45) is 5.92 Å². The molecule has 0 aliphatic carbocycles. The molecule has 11 nitrogen and oxygen atoms in total. The van der Waals surface area contributed by atoms with Crippen LogP contribution in [0.2, 0.25) is 0 Å². The van der Waals surface area contributed by atoms with Crippen LogP contribution in [0.5, 0.6) is 0 Å². The molecular weight excluding hydrogens is 534 g/mol. The summed E-state index contributed by atoms with van der Waals surface area (Å²) in [6, 6.07) is 8.52. The van der Waals surface area contributed by atoms with Crippen molar-refractivity contribution in [2.75, 3.05) is 25.1 Å². The van der Waals surface area contributed by atoms with Gasteiger partial charge in [0.2, 0.25) is 5.91 Å². The first-order valence-corrected chi connectivity index (χ1v) is 15.3. The Morgan fingerprint density at radius 1 is 1.25 bits per heavy atom. The summed E-state index contributed by atoms with van der Waals surface area (Å²) in [6.07, 6.45) is 1.90. The van der Waals surface area contributed by atoms with Crippen LogP contribution >= 0.6 is 0 Å². The van der Waals surface area contributed by atoms with Crippen molar-refractivity contribution in [3.8, 4) is 6.07 Å². The molecule has 12 heteroatoms. The Morgan fingerprint density at radius 3 is 2.55 bits per heavy atom. The van der Waals surface area contributed by atoms with E-state index in [2.05, 4.69) is 27.1 Å². The van der Waals surface area contributed by atoms with E-state index in [4.69, 9.17) is 9.47 Å². The average Bonchev–Trinajstić information content (AvgIpc) is 3.23. The minimum absolute atomic E-state index is 0.0734. The molecule has 1 aromatic carbocycles. The molecule has 0 bridgehead atoms. The quantitative estimate of drug-likeness (QED) is 0.395. The number of nitriles is 1. The van der Waals surface area contributed by atoms with E-state index in [1.54, 1.807) is 32.9 Å². The van der Waals surface area contributed by atoms with Crippen molar-refractivity contribution in [3.63, 3.8) is 0 Å². The summed E-state index contributed by atoms with van der Waals surface area (Å²) in [5.74, 6) is -1.06. The lowest BCUT2D eigenvalue weighted by atomic mass is 9.84. The van der Waals surface area contributed by atoms with Crippen molar-refractivity contribution < 1.29 is 27.5 Å². The number of carbonyl (C=O) groups is 2. The van der Waals surface area contributed by atoms with Gasteiger partial charge >= 0.3 is 5.97 Å². The summed E-state index contributed by atoms with van der Waals surface area (Å²) in [5.41, 5.74) is 2.88. The van der Waals surface area contributed by atoms with Crippen LogP contribution in [0.1, 0.15) is 66.7 Å². The van der Waals surface area contributed by atoms with E-state index in [0.29, 0.717) is 25.4 Å². The predicted molar refractivity (Wildman–Crippen MR) is 148 cm³/mol. The molecule has 0 saturated carbocycles. The third-order valence-electron chi connectivity index (χ3n) is 7.85. The lowest BCUT2D eigenvalue weighted by Gasteiger charge is -2.46. The van der Waals surface area contributed by atoms with Crippen LogP contribution in [0.15, 0.2) is 29.2 Å². The van der Waals surface area contributed by atoms with E-state index < -0.39 is 43.8 Å². The van der Waals surface area contributed by atoms with Gasteiger partial charge in [0.05, 0.1) is 46.6 Å². The van der Waals surface area contributed by atoms with Crippen molar-refractivity contribution in [3.05, 3.63) is 24.3 Å². The van der Waals surface area contributed by atoms with Gasteiger partial charge in [0.25, 0.3) is 0 Å². The zero-order valence-corrected chi connectivity index (χ0v) is 24.8. The number of nitrogens with zero attached hydrogens (tertiary/aromatic N) is 2. The zero-order chi connectivity index (χ0) is 29.3. The van der Waals surface area contributed by atoms with Crippen LogP contribution in [-0.2, 0) is 28.9 Å². The maximum Gasteiger partial charge on any atom is 0.307 e. The molecule has 3 aliphatic rings. The first-order chi connectivity index (χ1) is 18.7. The molecule has 0 spiro atoms. The van der Waals surface area contributed by atoms with Gasteiger partial charge in [-0.2, -0.15) is 5.26 Å². The Labute approximate surface area is 236 Å². The van der Waals surface area contributed by atoms with Gasteiger partial charge in [0, 0.05) is 24.9 Å². The van der Waals surface area contributed by atoms with Crippen molar-refractivity contribution in [1.82, 2.24) is 15.8 Å². The van der Waals surface area contributed by atoms with Gasteiger partial charge < -0.3 is 20.1 Å². The van der Waals surface area contributed by atoms with Gasteiger partial charge in [-0.1, -0.05) is 0 Å². The van der Waals surface area contributed by atoms with Gasteiger partial charge in [0.1, 0.15) is 11.8 Å². The summed E-state index contributed by atoms with van der Waals surface area (Å²) < 4.78 is 36.6. The molecule has 40 heavy (non-hydrogen) atoms. The van der Waals surface area contributed by atoms with Gasteiger partial charge in [-0.05, 0) is 78.1 Å². The number of amides is 1. The third kappa shape index (κ3) is 6.12. The Bertz CT molecular complexity index is 1250. The fourth-order valence-electron chi connectivity index (χ4n) is 5.86. The van der Waals surface area contributed by atoms with Crippen LogP contribution < -0.4 is 16.1 Å². The molecule has 3 unspecified atom stereocenters. The summed E-state index contributed by atoms with van der Waals surface area (Å²) in [6.45, 7) is 9.87. The number of benzene rings is 1. The number of fused-ring (bicyclic) bond motifs is 1. The summed E-state index contributed by atoms with van der Waals surface area (Å²) in [5, 5.41) is 18.0. The van der Waals surface area contributed by atoms with E-state index in [1.165, 1.54) is 26.0 Å². The number of esters is 1. The number of rotatable bonds is 8. The summed E-state index contributed by atoms with van der Waals surface area (Å²) in [4.78, 5) is 25.5. The number of hydrogen-bond donors (Lipinski definition) is 3. The number of sulfone groups is 1. The van der Waals surface area contributed by atoms with Crippen molar-refractivity contribution in [1.29, 1.82) is 5.26 Å². The van der Waals surface area contributed by atoms with Crippen LogP contribution in [-0.4, -0.2) is 73.2 Å². The molecule has 220 valence electrons. The largest absolute Gasteiger partial charge is 0.460 e. The monoisotopic (exact) mass is 575 g/mol. The Morgan fingerprint density at radius 2 is 1.95 bits per heavy atom. The highest BCUT2D eigenvalue weighted by atomic mass is 32.2. The van der Waals surface area contributed by atoms with Crippen LogP contribution in [0.25, 0.3) is 0 Å². The van der Waals surface area contributed by atoms with Crippen LogP contribution in [0.4, 0.5) is 5.69 Å². The fourth-order valence-corrected chi connectivity index (χ4v) is 7.30. The van der Waals surface area contributed by atoms with E-state index >= 15 is 0 Å². The first kappa shape index (κ1) is 30.2. The first-order valence-electron chi connectivity index (χ1n) is 13.8. The highest BCUT2D eigenvalue weighted by Crippen LogP contribution is 2.39. The molecule has 1 aromatic rings. The molecular formula is C28H41N5O6S. The average molecular weight is 576 g/mol. The van der Waals surface area contributed by atoms with Crippen LogP contribution in [0.3, 0.4) is 0 Å². The molecule has 3 fully saturated rings. The number of piperidine rings is 1. The minimum Gasteiger partial charge on any atom is -0.460 e. The van der Waals surface area contributed by atoms with E-state index in [0.717, 1.165) is 19.3 Å². The summed E-state index contributed by atoms with van der Waals surface area (Å²) >= 11 is 0. The molecule has 4 rings (SSSR count). The second kappa shape index (κ2) is 11.3. The molecule has 1 amide bonds. The highest BCUT2D eigenvalue weighted by molar-refractivity contribution is 7.92. The molecule has 3 saturated heterocycles. The van der Waals surface area contributed by atoms with Gasteiger partial charge in [-0.25, -0.2) is 18.9 Å². The second-order valence-corrected chi connectivity index (χ2v) is 15.1. The summed E-state index contributed by atoms with van der Waals surface area (Å²) in [7, 11) is -3.86. The third-order valence-corrected chi connectivity index (χ3v) is 10.3. The smallest absolute Gasteiger partial charge is 0.307 e. The highest BCUT2D eigenvalue weighted by Gasteiger charge is 2.54. The number of carbonyl (C=O) groups excluding carboxylic acids is 2. The maximum absolute atomic E-state index is 13.4. The Kier molecular flexibility index (Phi) is 8.53. The molecule has 3 aliphatic heterocycles. The SMILES string of the molecule is CC(C)(C)OC(=O)CC(C)(C)S(=O)(=O)c1ccc(NC2NN([C@]3(CC#N)CCCOC3)C3CCNC(=O)C23)cc1. The lowest BCUT2D eigenvalue weighted by molar-refractivity contribution is -0.155.